The van der Waals surface area contributed by atoms with Crippen LogP contribution >= 0.6 is 0 Å². The number of methoxy groups -OCH3 is 1. The maximum Gasteiger partial charge on any atom is 0.138 e. The van der Waals surface area contributed by atoms with Gasteiger partial charge in [0.15, 0.2) is 0 Å². The first-order valence-corrected chi connectivity index (χ1v) is 4.26. The second-order valence-electron chi connectivity index (χ2n) is 2.82. The largest absolute Gasteiger partial charge is 0.385 e. The summed E-state index contributed by atoms with van der Waals surface area (Å²) in [5.41, 5.74) is 8.17. The normalized spacial score (nSPS) is 11.8. The summed E-state index contributed by atoms with van der Waals surface area (Å²) in [6.45, 7) is 2.12. The lowest BCUT2D eigenvalue weighted by Crippen LogP contribution is -2.14. The van der Waals surface area contributed by atoms with Crippen molar-refractivity contribution in [1.29, 1.82) is 0 Å². The Bertz CT molecular complexity index is 198. The zero-order chi connectivity index (χ0) is 10.1. The monoisotopic (exact) mass is 185 g/mol. The van der Waals surface area contributed by atoms with E-state index in [1.807, 2.05) is 0 Å². The minimum atomic E-state index is -0.498. The van der Waals surface area contributed by atoms with E-state index in [4.69, 9.17) is 10.3 Å². The molecule has 0 N–H and O–H groups in total. The number of rotatable bonds is 7. The fraction of sp³-hybridized carbons (Fsp3) is 0.875. The van der Waals surface area contributed by atoms with Crippen molar-refractivity contribution in [2.45, 2.75) is 32.2 Å². The molecular weight excluding hydrogens is 170 g/mol. The average Bonchev–Trinajstić information content (AvgIpc) is 2.10. The fourth-order valence-corrected chi connectivity index (χ4v) is 0.989. The van der Waals surface area contributed by atoms with E-state index in [1.54, 1.807) is 7.11 Å². The molecule has 0 fully saturated rings. The van der Waals surface area contributed by atoms with Gasteiger partial charge in [0.1, 0.15) is 5.78 Å². The number of unbranched alkanes of at least 4 members (excludes halogenated alkanes) is 1. The minimum Gasteiger partial charge on any atom is -0.385 e. The van der Waals surface area contributed by atoms with Crippen LogP contribution in [0.25, 0.3) is 10.4 Å². The molecule has 0 aromatic rings. The van der Waals surface area contributed by atoms with Crippen LogP contribution in [0.2, 0.25) is 0 Å². The third kappa shape index (κ3) is 6.13. The van der Waals surface area contributed by atoms with Gasteiger partial charge in [-0.05, 0) is 25.3 Å². The number of carbonyl (C=O) groups is 1. The highest BCUT2D eigenvalue weighted by Gasteiger charge is 2.10. The van der Waals surface area contributed by atoms with Gasteiger partial charge in [0.2, 0.25) is 0 Å². The van der Waals surface area contributed by atoms with E-state index < -0.39 is 6.04 Å². The third-order valence-corrected chi connectivity index (χ3v) is 1.74. The van der Waals surface area contributed by atoms with E-state index in [2.05, 4.69) is 10.0 Å². The number of azide groups is 1. The Labute approximate surface area is 77.7 Å². The summed E-state index contributed by atoms with van der Waals surface area (Å²) >= 11 is 0. The molecule has 1 atom stereocenters. The molecule has 0 saturated carbocycles. The van der Waals surface area contributed by atoms with Gasteiger partial charge in [-0.1, -0.05) is 11.5 Å². The molecule has 0 aliphatic rings. The van der Waals surface area contributed by atoms with Crippen molar-refractivity contribution in [2.75, 3.05) is 13.7 Å². The summed E-state index contributed by atoms with van der Waals surface area (Å²) in [5, 5.41) is 3.41. The zero-order valence-corrected chi connectivity index (χ0v) is 8.06. The molecule has 0 spiro atoms. The smallest absolute Gasteiger partial charge is 0.138 e. The van der Waals surface area contributed by atoms with Gasteiger partial charge < -0.3 is 4.74 Å². The van der Waals surface area contributed by atoms with Crippen LogP contribution in [0.3, 0.4) is 0 Å². The van der Waals surface area contributed by atoms with E-state index in [-0.39, 0.29) is 5.78 Å². The van der Waals surface area contributed by atoms with Gasteiger partial charge in [-0.3, -0.25) is 4.79 Å². The first-order valence-electron chi connectivity index (χ1n) is 4.26. The molecule has 13 heavy (non-hydrogen) atoms. The van der Waals surface area contributed by atoms with Crippen LogP contribution in [-0.4, -0.2) is 25.5 Å². The highest BCUT2D eigenvalue weighted by molar-refractivity contribution is 5.81. The van der Waals surface area contributed by atoms with Crippen LogP contribution in [0.4, 0.5) is 0 Å². The van der Waals surface area contributed by atoms with Gasteiger partial charge in [0.25, 0.3) is 0 Å². The quantitative estimate of drug-likeness (QED) is 0.263. The van der Waals surface area contributed by atoms with Crippen LogP contribution in [0, 0.1) is 0 Å². The molecule has 0 aliphatic carbocycles. The highest BCUT2D eigenvalue weighted by Crippen LogP contribution is 2.06. The van der Waals surface area contributed by atoms with Gasteiger partial charge in [0.05, 0.1) is 6.04 Å². The van der Waals surface area contributed by atoms with E-state index in [9.17, 15) is 4.79 Å². The number of hydrogen-bond acceptors (Lipinski definition) is 3. The van der Waals surface area contributed by atoms with Crippen molar-refractivity contribution in [1.82, 2.24) is 0 Å². The van der Waals surface area contributed by atoms with Crippen molar-refractivity contribution in [3.05, 3.63) is 10.4 Å². The van der Waals surface area contributed by atoms with Gasteiger partial charge in [-0.2, -0.15) is 0 Å². The van der Waals surface area contributed by atoms with Gasteiger partial charge in [-0.15, -0.1) is 0 Å². The summed E-state index contributed by atoms with van der Waals surface area (Å²) in [4.78, 5) is 13.5. The molecule has 5 nitrogen and oxygen atoms in total. The van der Waals surface area contributed by atoms with Crippen LogP contribution in [0.15, 0.2) is 5.11 Å². The van der Waals surface area contributed by atoms with Gasteiger partial charge in [-0.25, -0.2) is 0 Å². The number of nitrogens with zero attached hydrogens (tertiary/aromatic N) is 3. The molecule has 74 valence electrons. The maximum atomic E-state index is 10.9. The molecule has 0 aromatic carbocycles. The molecule has 0 bridgehead atoms. The molecule has 0 aliphatic heterocycles. The van der Waals surface area contributed by atoms with Crippen LogP contribution in [0.5, 0.6) is 0 Å². The van der Waals surface area contributed by atoms with E-state index in [1.165, 1.54) is 6.92 Å². The molecule has 1 unspecified atom stereocenters. The lowest BCUT2D eigenvalue weighted by Gasteiger charge is -2.05. The summed E-state index contributed by atoms with van der Waals surface area (Å²) in [6.07, 6.45) is 2.35. The Morgan fingerprint density at radius 2 is 2.31 bits per heavy atom. The summed E-state index contributed by atoms with van der Waals surface area (Å²) in [5.74, 6) is -0.0739. The van der Waals surface area contributed by atoms with Crippen molar-refractivity contribution in [3.63, 3.8) is 0 Å². The predicted molar refractivity (Wildman–Crippen MR) is 49.3 cm³/mol. The number of ether oxygens (including phenoxy) is 1. The fourth-order valence-electron chi connectivity index (χ4n) is 0.989. The molecule has 0 heterocycles. The Balaban J connectivity index is 3.70. The molecule has 0 amide bonds. The second kappa shape index (κ2) is 7.58. The van der Waals surface area contributed by atoms with E-state index in [0.717, 1.165) is 12.8 Å². The molecule has 0 aromatic heterocycles. The molecule has 0 rings (SSSR count). The van der Waals surface area contributed by atoms with Crippen molar-refractivity contribution >= 4 is 5.78 Å². The van der Waals surface area contributed by atoms with Crippen LogP contribution in [-0.2, 0) is 9.53 Å². The SMILES string of the molecule is COCCCCC(N=[N+]=[N-])C(C)=O. The van der Waals surface area contributed by atoms with Gasteiger partial charge >= 0.3 is 0 Å². The zero-order valence-electron chi connectivity index (χ0n) is 8.06. The summed E-state index contributed by atoms with van der Waals surface area (Å²) in [7, 11) is 1.63. The molecular formula is C8H15N3O2. The third-order valence-electron chi connectivity index (χ3n) is 1.74. The second-order valence-corrected chi connectivity index (χ2v) is 2.82. The molecule has 5 heteroatoms. The number of Topliss-reactive ketones (excluding diaryl/α,β-unsaturated/α-hetero) is 1. The van der Waals surface area contributed by atoms with E-state index >= 15 is 0 Å². The average molecular weight is 185 g/mol. The first-order chi connectivity index (χ1) is 6.22. The summed E-state index contributed by atoms with van der Waals surface area (Å²) < 4.78 is 4.86. The molecule has 0 radical (unpaired) electrons. The number of carbonyl (C=O) groups excluding carboxylic acids is 1. The Morgan fingerprint density at radius 3 is 2.77 bits per heavy atom. The number of ketones is 1. The maximum absolute atomic E-state index is 10.9. The lowest BCUT2D eigenvalue weighted by atomic mass is 10.1. The number of hydrogen-bond donors (Lipinski definition) is 0. The lowest BCUT2D eigenvalue weighted by molar-refractivity contribution is -0.118. The van der Waals surface area contributed by atoms with Crippen molar-refractivity contribution < 1.29 is 9.53 Å². The Hall–Kier alpha value is -1.06. The Morgan fingerprint density at radius 1 is 1.62 bits per heavy atom. The Kier molecular flexibility index (Phi) is 6.96. The highest BCUT2D eigenvalue weighted by atomic mass is 16.5. The summed E-state index contributed by atoms with van der Waals surface area (Å²) in [6, 6.07) is -0.498. The van der Waals surface area contributed by atoms with Crippen LogP contribution < -0.4 is 0 Å². The first kappa shape index (κ1) is 11.9. The van der Waals surface area contributed by atoms with Crippen LogP contribution in [0.1, 0.15) is 26.2 Å². The predicted octanol–water partition coefficient (Wildman–Crippen LogP) is 2.07. The topological polar surface area (TPSA) is 75.1 Å². The standard InChI is InChI=1S/C8H15N3O2/c1-7(12)8(10-11-9)5-3-4-6-13-2/h8H,3-6H2,1-2H3. The van der Waals surface area contributed by atoms with Gasteiger partial charge in [0, 0.05) is 18.6 Å². The minimum absolute atomic E-state index is 0.0739. The van der Waals surface area contributed by atoms with Crippen molar-refractivity contribution in [2.24, 2.45) is 5.11 Å². The molecule has 0 saturated heterocycles. The van der Waals surface area contributed by atoms with E-state index in [0.29, 0.717) is 13.0 Å². The van der Waals surface area contributed by atoms with Crippen molar-refractivity contribution in [3.8, 4) is 0 Å².